The number of aromatic nitrogens is 2. The highest BCUT2D eigenvalue weighted by Gasteiger charge is 2.13. The van der Waals surface area contributed by atoms with Gasteiger partial charge in [-0.3, -0.25) is 0 Å². The summed E-state index contributed by atoms with van der Waals surface area (Å²) in [6, 6.07) is 1.28. The molecule has 2 N–H and O–H groups in total. The fourth-order valence-corrected chi connectivity index (χ4v) is 2.17. The molecule has 1 aliphatic carbocycles. The van der Waals surface area contributed by atoms with E-state index in [-0.39, 0.29) is 11.5 Å². The molecule has 0 atom stereocenters. The van der Waals surface area contributed by atoms with E-state index in [1.165, 1.54) is 31.4 Å². The van der Waals surface area contributed by atoms with Gasteiger partial charge in [-0.05, 0) is 12.8 Å². The Morgan fingerprint density at radius 2 is 2.11 bits per heavy atom. The molecule has 2 amide bonds. The van der Waals surface area contributed by atoms with E-state index in [0.29, 0.717) is 0 Å². The van der Waals surface area contributed by atoms with E-state index in [1.54, 1.807) is 0 Å². The van der Waals surface area contributed by atoms with Gasteiger partial charge in [-0.25, -0.2) is 9.78 Å². The molecule has 0 aromatic carbocycles. The standard InChI is InChI=1S/C12H18N4O2/c17-12(14-10-5-3-1-2-4-6-10)15-11-7-8-13-9-16(11)18/h7-10,18H,1-6H2,(H,14,17)/b15-11-. The first kappa shape index (κ1) is 12.6. The summed E-state index contributed by atoms with van der Waals surface area (Å²) >= 11 is 0. The van der Waals surface area contributed by atoms with Crippen LogP contribution in [0.3, 0.4) is 0 Å². The summed E-state index contributed by atoms with van der Waals surface area (Å²) in [5, 5.41) is 12.3. The van der Waals surface area contributed by atoms with Gasteiger partial charge >= 0.3 is 6.03 Å². The van der Waals surface area contributed by atoms with Crippen molar-refractivity contribution in [1.29, 1.82) is 0 Å². The second-order valence-electron chi connectivity index (χ2n) is 4.53. The number of nitrogens with one attached hydrogen (secondary N) is 1. The Balaban J connectivity index is 2.00. The first-order valence-corrected chi connectivity index (χ1v) is 6.33. The van der Waals surface area contributed by atoms with Crippen molar-refractivity contribution in [3.8, 4) is 0 Å². The summed E-state index contributed by atoms with van der Waals surface area (Å²) in [4.78, 5) is 19.2. The molecule has 1 heterocycles. The molecule has 0 unspecified atom stereocenters. The number of carbonyl (C=O) groups excluding carboxylic acids is 1. The van der Waals surface area contributed by atoms with E-state index in [2.05, 4.69) is 15.3 Å². The molecule has 1 saturated carbocycles. The minimum Gasteiger partial charge on any atom is -0.425 e. The highest BCUT2D eigenvalue weighted by molar-refractivity contribution is 5.75. The summed E-state index contributed by atoms with van der Waals surface area (Å²) in [5.41, 5.74) is 0.177. The number of hydrogen-bond donors (Lipinski definition) is 2. The molecule has 1 fully saturated rings. The maximum Gasteiger partial charge on any atom is 0.343 e. The monoisotopic (exact) mass is 250 g/mol. The second-order valence-corrected chi connectivity index (χ2v) is 4.53. The fourth-order valence-electron chi connectivity index (χ4n) is 2.17. The van der Waals surface area contributed by atoms with E-state index in [1.807, 2.05) is 0 Å². The van der Waals surface area contributed by atoms with Crippen LogP contribution in [-0.2, 0) is 0 Å². The average Bonchev–Trinajstić information content (AvgIpc) is 2.61. The van der Waals surface area contributed by atoms with Gasteiger partial charge in [0.15, 0.2) is 5.49 Å². The Bertz CT molecular complexity index is 461. The van der Waals surface area contributed by atoms with Crippen molar-refractivity contribution in [2.75, 3.05) is 0 Å². The minimum absolute atomic E-state index is 0.177. The molecule has 0 spiro atoms. The Morgan fingerprint density at radius 3 is 2.78 bits per heavy atom. The highest BCUT2D eigenvalue weighted by atomic mass is 16.5. The lowest BCUT2D eigenvalue weighted by Crippen LogP contribution is -2.34. The maximum atomic E-state index is 11.7. The van der Waals surface area contributed by atoms with Gasteiger partial charge in [0.05, 0.1) is 0 Å². The van der Waals surface area contributed by atoms with Crippen LogP contribution < -0.4 is 10.8 Å². The maximum absolute atomic E-state index is 11.7. The normalized spacial score (nSPS) is 18.3. The van der Waals surface area contributed by atoms with Crippen LogP contribution in [0.2, 0.25) is 0 Å². The molecule has 0 bridgehead atoms. The largest absolute Gasteiger partial charge is 0.425 e. The Morgan fingerprint density at radius 1 is 1.39 bits per heavy atom. The molecule has 6 nitrogen and oxygen atoms in total. The van der Waals surface area contributed by atoms with Crippen LogP contribution in [0.15, 0.2) is 23.6 Å². The molecule has 6 heteroatoms. The molecule has 0 saturated heterocycles. The third-order valence-corrected chi connectivity index (χ3v) is 3.12. The van der Waals surface area contributed by atoms with Crippen LogP contribution in [0.1, 0.15) is 38.5 Å². The van der Waals surface area contributed by atoms with Crippen molar-refractivity contribution in [1.82, 2.24) is 15.0 Å². The number of amides is 2. The van der Waals surface area contributed by atoms with Gasteiger partial charge in [-0.15, -0.1) is 0 Å². The minimum atomic E-state index is -0.407. The smallest absolute Gasteiger partial charge is 0.343 e. The van der Waals surface area contributed by atoms with E-state index >= 15 is 0 Å². The molecule has 2 rings (SSSR count). The zero-order chi connectivity index (χ0) is 12.8. The molecule has 1 aromatic heterocycles. The lowest BCUT2D eigenvalue weighted by Gasteiger charge is -2.13. The number of carbonyl (C=O) groups is 1. The lowest BCUT2D eigenvalue weighted by atomic mass is 10.1. The molecular formula is C12H18N4O2. The van der Waals surface area contributed by atoms with E-state index in [0.717, 1.165) is 30.4 Å². The van der Waals surface area contributed by atoms with Crippen molar-refractivity contribution in [2.24, 2.45) is 4.99 Å². The van der Waals surface area contributed by atoms with Crippen molar-refractivity contribution in [3.63, 3.8) is 0 Å². The molecule has 1 aromatic rings. The first-order chi connectivity index (χ1) is 8.75. The van der Waals surface area contributed by atoms with Gasteiger partial charge in [0.1, 0.15) is 6.33 Å². The van der Waals surface area contributed by atoms with Gasteiger partial charge in [-0.2, -0.15) is 9.72 Å². The number of urea groups is 1. The van der Waals surface area contributed by atoms with Gasteiger partial charge in [0, 0.05) is 18.3 Å². The van der Waals surface area contributed by atoms with Crippen LogP contribution in [0.5, 0.6) is 0 Å². The average molecular weight is 250 g/mol. The van der Waals surface area contributed by atoms with Crippen LogP contribution in [0, 0.1) is 0 Å². The van der Waals surface area contributed by atoms with E-state index in [9.17, 15) is 10.0 Å². The first-order valence-electron chi connectivity index (χ1n) is 6.33. The van der Waals surface area contributed by atoms with Gasteiger partial charge in [0.2, 0.25) is 0 Å². The molecule has 1 aliphatic rings. The summed E-state index contributed by atoms with van der Waals surface area (Å²) < 4.78 is 0.729. The van der Waals surface area contributed by atoms with Crippen LogP contribution in [0.4, 0.5) is 4.79 Å². The predicted molar refractivity (Wildman–Crippen MR) is 65.0 cm³/mol. The third kappa shape index (κ3) is 3.58. The second kappa shape index (κ2) is 6.18. The van der Waals surface area contributed by atoms with E-state index < -0.39 is 6.03 Å². The fraction of sp³-hybridized carbons (Fsp3) is 0.583. The van der Waals surface area contributed by atoms with Crippen molar-refractivity contribution in [3.05, 3.63) is 24.1 Å². The van der Waals surface area contributed by atoms with Gasteiger partial charge in [0.25, 0.3) is 0 Å². The zero-order valence-electron chi connectivity index (χ0n) is 10.2. The molecule has 18 heavy (non-hydrogen) atoms. The molecular weight excluding hydrogens is 232 g/mol. The Labute approximate surface area is 105 Å². The van der Waals surface area contributed by atoms with Crippen molar-refractivity contribution in [2.45, 2.75) is 44.6 Å². The third-order valence-electron chi connectivity index (χ3n) is 3.12. The number of nitrogens with zero attached hydrogens (tertiary/aromatic N) is 3. The topological polar surface area (TPSA) is 79.5 Å². The zero-order valence-corrected chi connectivity index (χ0v) is 10.2. The quantitative estimate of drug-likeness (QED) is 0.585. The van der Waals surface area contributed by atoms with Gasteiger partial charge < -0.3 is 10.5 Å². The lowest BCUT2D eigenvalue weighted by molar-refractivity contribution is 0.167. The molecule has 98 valence electrons. The summed E-state index contributed by atoms with van der Waals surface area (Å²) in [6.45, 7) is 0. The van der Waals surface area contributed by atoms with Gasteiger partial charge in [-0.1, -0.05) is 25.7 Å². The highest BCUT2D eigenvalue weighted by Crippen LogP contribution is 2.17. The van der Waals surface area contributed by atoms with Crippen LogP contribution in [0.25, 0.3) is 0 Å². The predicted octanol–water partition coefficient (Wildman–Crippen LogP) is 1.45. The Hall–Kier alpha value is -1.85. The SMILES string of the molecule is O=C(/N=c1/ccncn1O)NC1CCCCCC1. The van der Waals surface area contributed by atoms with Crippen LogP contribution in [-0.4, -0.2) is 27.0 Å². The number of hydrogen-bond acceptors (Lipinski definition) is 3. The summed E-state index contributed by atoms with van der Waals surface area (Å²) in [6.07, 6.45) is 9.48. The molecule has 0 radical (unpaired) electrons. The van der Waals surface area contributed by atoms with Crippen molar-refractivity contribution >= 4 is 6.03 Å². The summed E-state index contributed by atoms with van der Waals surface area (Å²) in [7, 11) is 0. The van der Waals surface area contributed by atoms with Crippen LogP contribution >= 0.6 is 0 Å². The Kier molecular flexibility index (Phi) is 4.33. The van der Waals surface area contributed by atoms with Crippen molar-refractivity contribution < 1.29 is 10.0 Å². The van der Waals surface area contributed by atoms with E-state index in [4.69, 9.17) is 0 Å². The molecule has 0 aliphatic heterocycles. The summed E-state index contributed by atoms with van der Waals surface area (Å²) in [5.74, 6) is 0. The number of rotatable bonds is 1.